The third kappa shape index (κ3) is 5.25. The van der Waals surface area contributed by atoms with Crippen molar-refractivity contribution in [2.75, 3.05) is 37.5 Å². The van der Waals surface area contributed by atoms with Crippen molar-refractivity contribution in [2.45, 2.75) is 13.8 Å². The average molecular weight is 358 g/mol. The zero-order chi connectivity index (χ0) is 18.9. The van der Waals surface area contributed by atoms with Crippen LogP contribution in [0.4, 0.5) is 11.6 Å². The van der Waals surface area contributed by atoms with Crippen molar-refractivity contribution in [2.24, 2.45) is 0 Å². The van der Waals surface area contributed by atoms with Crippen LogP contribution in [0, 0.1) is 6.92 Å². The van der Waals surface area contributed by atoms with Crippen molar-refractivity contribution in [3.05, 3.63) is 47.3 Å². The Morgan fingerprint density at radius 2 is 1.96 bits per heavy atom. The fourth-order valence-electron chi connectivity index (χ4n) is 2.19. The van der Waals surface area contributed by atoms with Gasteiger partial charge in [0.25, 0.3) is 5.91 Å². The molecule has 2 aromatic rings. The molecule has 0 fully saturated rings. The maximum absolute atomic E-state index is 12.6. The summed E-state index contributed by atoms with van der Waals surface area (Å²) >= 11 is 0. The molecule has 0 atom stereocenters. The summed E-state index contributed by atoms with van der Waals surface area (Å²) in [6.45, 7) is 4.76. The smallest absolute Gasteiger partial charge is 0.340 e. The van der Waals surface area contributed by atoms with Gasteiger partial charge < -0.3 is 20.1 Å². The number of aromatic nitrogens is 2. The largest absolute Gasteiger partial charge is 0.462 e. The van der Waals surface area contributed by atoms with E-state index < -0.39 is 11.9 Å². The summed E-state index contributed by atoms with van der Waals surface area (Å²) in [5.41, 5.74) is 1.48. The number of para-hydroxylation sites is 1. The van der Waals surface area contributed by atoms with Gasteiger partial charge in [-0.3, -0.25) is 4.79 Å². The van der Waals surface area contributed by atoms with Crippen molar-refractivity contribution in [1.82, 2.24) is 9.97 Å². The van der Waals surface area contributed by atoms with Gasteiger partial charge in [0, 0.05) is 19.3 Å². The molecule has 1 aromatic carbocycles. The SMILES string of the molecule is CCOC(=O)c1ccccc1NC(=O)c1cc(C)nc(NCCOC)n1. The molecule has 1 aromatic heterocycles. The summed E-state index contributed by atoms with van der Waals surface area (Å²) in [7, 11) is 1.60. The van der Waals surface area contributed by atoms with Crippen LogP contribution in [-0.4, -0.2) is 48.7 Å². The van der Waals surface area contributed by atoms with Crippen LogP contribution in [0.5, 0.6) is 0 Å². The minimum atomic E-state index is -0.496. The van der Waals surface area contributed by atoms with Gasteiger partial charge in [0.05, 0.1) is 24.5 Å². The first kappa shape index (κ1) is 19.3. The monoisotopic (exact) mass is 358 g/mol. The second kappa shape index (κ2) is 9.47. The number of benzene rings is 1. The second-order valence-corrected chi connectivity index (χ2v) is 5.36. The number of aryl methyl sites for hydroxylation is 1. The molecule has 0 aliphatic heterocycles. The van der Waals surface area contributed by atoms with Gasteiger partial charge in [0.1, 0.15) is 5.69 Å². The first-order valence-corrected chi connectivity index (χ1v) is 8.21. The highest BCUT2D eigenvalue weighted by atomic mass is 16.5. The molecule has 1 amide bonds. The number of nitrogens with one attached hydrogen (secondary N) is 2. The van der Waals surface area contributed by atoms with E-state index in [2.05, 4.69) is 20.6 Å². The zero-order valence-corrected chi connectivity index (χ0v) is 15.0. The van der Waals surface area contributed by atoms with Crippen molar-refractivity contribution in [3.63, 3.8) is 0 Å². The van der Waals surface area contributed by atoms with Crippen LogP contribution in [0.2, 0.25) is 0 Å². The molecule has 26 heavy (non-hydrogen) atoms. The normalized spacial score (nSPS) is 10.3. The molecular weight excluding hydrogens is 336 g/mol. The third-order valence-corrected chi connectivity index (χ3v) is 3.35. The molecule has 0 unspecified atom stereocenters. The Balaban J connectivity index is 2.19. The summed E-state index contributed by atoms with van der Waals surface area (Å²) in [6.07, 6.45) is 0. The van der Waals surface area contributed by atoms with Crippen LogP contribution in [0.25, 0.3) is 0 Å². The molecule has 1 heterocycles. The molecule has 0 radical (unpaired) electrons. The molecule has 8 heteroatoms. The summed E-state index contributed by atoms with van der Waals surface area (Å²) < 4.78 is 9.98. The minimum absolute atomic E-state index is 0.191. The van der Waals surface area contributed by atoms with Crippen molar-refractivity contribution in [1.29, 1.82) is 0 Å². The zero-order valence-electron chi connectivity index (χ0n) is 15.0. The van der Waals surface area contributed by atoms with E-state index in [4.69, 9.17) is 9.47 Å². The van der Waals surface area contributed by atoms with Crippen LogP contribution in [0.1, 0.15) is 33.5 Å². The molecule has 2 N–H and O–H groups in total. The standard InChI is InChI=1S/C18H22N4O4/c1-4-26-17(24)13-7-5-6-8-14(13)21-16(23)15-11-12(2)20-18(22-15)19-9-10-25-3/h5-8,11H,4,9-10H2,1-3H3,(H,21,23)(H,19,20,22). The van der Waals surface area contributed by atoms with E-state index in [1.165, 1.54) is 0 Å². The van der Waals surface area contributed by atoms with Crippen molar-refractivity contribution >= 4 is 23.5 Å². The van der Waals surface area contributed by atoms with E-state index in [9.17, 15) is 9.59 Å². The number of methoxy groups -OCH3 is 1. The Kier molecular flexibility index (Phi) is 7.04. The predicted octanol–water partition coefficient (Wildman–Crippen LogP) is 2.27. The lowest BCUT2D eigenvalue weighted by atomic mass is 10.1. The Morgan fingerprint density at radius 1 is 1.19 bits per heavy atom. The number of esters is 1. The van der Waals surface area contributed by atoms with Gasteiger partial charge >= 0.3 is 5.97 Å². The van der Waals surface area contributed by atoms with Crippen LogP contribution in [0.15, 0.2) is 30.3 Å². The Morgan fingerprint density at radius 3 is 2.69 bits per heavy atom. The number of ether oxygens (including phenoxy) is 2. The Labute approximate surface area is 151 Å². The number of carbonyl (C=O) groups excluding carboxylic acids is 2. The number of carbonyl (C=O) groups is 2. The van der Waals surface area contributed by atoms with Gasteiger partial charge in [-0.15, -0.1) is 0 Å². The Hall–Kier alpha value is -3.00. The summed E-state index contributed by atoms with van der Waals surface area (Å²) in [6, 6.07) is 8.23. The number of anilines is 2. The third-order valence-electron chi connectivity index (χ3n) is 3.35. The van der Waals surface area contributed by atoms with Crippen LogP contribution >= 0.6 is 0 Å². The van der Waals surface area contributed by atoms with Crippen molar-refractivity contribution < 1.29 is 19.1 Å². The molecular formula is C18H22N4O4. The lowest BCUT2D eigenvalue weighted by Crippen LogP contribution is -2.19. The summed E-state index contributed by atoms with van der Waals surface area (Å²) in [5, 5.41) is 5.70. The highest BCUT2D eigenvalue weighted by Crippen LogP contribution is 2.17. The number of rotatable bonds is 8. The molecule has 0 aliphatic rings. The first-order chi connectivity index (χ1) is 12.5. The van der Waals surface area contributed by atoms with E-state index in [1.54, 1.807) is 51.3 Å². The molecule has 0 saturated carbocycles. The quantitative estimate of drug-likeness (QED) is 0.551. The molecule has 138 valence electrons. The molecule has 0 aliphatic carbocycles. The number of amides is 1. The fraction of sp³-hybridized carbons (Fsp3) is 0.333. The van der Waals surface area contributed by atoms with Gasteiger partial charge in [0.2, 0.25) is 5.95 Å². The molecule has 8 nitrogen and oxygen atoms in total. The average Bonchev–Trinajstić information content (AvgIpc) is 2.62. The van der Waals surface area contributed by atoms with Crippen molar-refractivity contribution in [3.8, 4) is 0 Å². The predicted molar refractivity (Wildman–Crippen MR) is 97.5 cm³/mol. The van der Waals surface area contributed by atoms with E-state index in [0.717, 1.165) is 0 Å². The lowest BCUT2D eigenvalue weighted by Gasteiger charge is -2.11. The molecule has 2 rings (SSSR count). The first-order valence-electron chi connectivity index (χ1n) is 8.21. The Bertz CT molecular complexity index is 780. The molecule has 0 bridgehead atoms. The highest BCUT2D eigenvalue weighted by Gasteiger charge is 2.16. The van der Waals surface area contributed by atoms with Gasteiger partial charge in [-0.1, -0.05) is 12.1 Å². The van der Waals surface area contributed by atoms with Gasteiger partial charge in [-0.2, -0.15) is 0 Å². The number of hydrogen-bond acceptors (Lipinski definition) is 7. The second-order valence-electron chi connectivity index (χ2n) is 5.36. The molecule has 0 saturated heterocycles. The summed E-state index contributed by atoms with van der Waals surface area (Å²) in [4.78, 5) is 33.0. The number of nitrogens with zero attached hydrogens (tertiary/aromatic N) is 2. The fourth-order valence-corrected chi connectivity index (χ4v) is 2.19. The maximum Gasteiger partial charge on any atom is 0.340 e. The number of hydrogen-bond donors (Lipinski definition) is 2. The summed E-state index contributed by atoms with van der Waals surface area (Å²) in [5.74, 6) is -0.600. The van der Waals surface area contributed by atoms with E-state index in [0.29, 0.717) is 30.5 Å². The van der Waals surface area contributed by atoms with E-state index in [-0.39, 0.29) is 17.9 Å². The molecule has 0 spiro atoms. The van der Waals surface area contributed by atoms with Crippen LogP contribution < -0.4 is 10.6 Å². The van der Waals surface area contributed by atoms with E-state index >= 15 is 0 Å². The lowest BCUT2D eigenvalue weighted by molar-refractivity contribution is 0.0527. The minimum Gasteiger partial charge on any atom is -0.462 e. The van der Waals surface area contributed by atoms with Gasteiger partial charge in [-0.05, 0) is 32.0 Å². The van der Waals surface area contributed by atoms with Gasteiger partial charge in [-0.25, -0.2) is 14.8 Å². The van der Waals surface area contributed by atoms with Crippen LogP contribution in [-0.2, 0) is 9.47 Å². The maximum atomic E-state index is 12.6. The topological polar surface area (TPSA) is 102 Å². The highest BCUT2D eigenvalue weighted by molar-refractivity contribution is 6.07. The van der Waals surface area contributed by atoms with Gasteiger partial charge in [0.15, 0.2) is 0 Å². The van der Waals surface area contributed by atoms with Crippen LogP contribution in [0.3, 0.4) is 0 Å². The van der Waals surface area contributed by atoms with E-state index in [1.807, 2.05) is 0 Å².